The van der Waals surface area contributed by atoms with E-state index in [9.17, 15) is 44.4 Å². The van der Waals surface area contributed by atoms with E-state index >= 15 is 0 Å². The average molecular weight is 1240 g/mol. The summed E-state index contributed by atoms with van der Waals surface area (Å²) in [6.45, 7) is 10.9. The highest BCUT2D eigenvalue weighted by Crippen LogP contribution is 2.37. The van der Waals surface area contributed by atoms with Crippen molar-refractivity contribution in [1.29, 1.82) is 0 Å². The van der Waals surface area contributed by atoms with Gasteiger partial charge in [-0.05, 0) is 127 Å². The summed E-state index contributed by atoms with van der Waals surface area (Å²) in [6, 6.07) is 9.95. The molecule has 1 aromatic heterocycles. The van der Waals surface area contributed by atoms with Crippen LogP contribution in [0.1, 0.15) is 136 Å². The van der Waals surface area contributed by atoms with Crippen LogP contribution in [0.2, 0.25) is 0 Å². The SMILES string of the molecule is C#Cc1cccc(Nc2ncnc3cc(OCCOC)c(OCCN4CCN(C(=O)CCC[C@@H]5/C=C(\C)CCCCC[C@@H](OC)C[C@@H](C)C(O)(O)C(=O)C(=O)N6CCCC[C@H]6C(=O)O[C@H](/C(C)=C/[C@@H]6CC[C@@H](O)[C@H](OC)C6)[C@H](C)[C@@H](O)CC5=O)CC4)cc23)c1. The van der Waals surface area contributed by atoms with E-state index in [0.29, 0.717) is 139 Å². The number of piperazine rings is 1. The van der Waals surface area contributed by atoms with Crippen LogP contribution in [0.15, 0.2) is 66.0 Å². The number of ether oxygens (including phenoxy) is 6. The summed E-state index contributed by atoms with van der Waals surface area (Å²) < 4.78 is 35.4. The summed E-state index contributed by atoms with van der Waals surface area (Å²) in [5.41, 5.74) is 3.75. The van der Waals surface area contributed by atoms with Crippen molar-refractivity contribution in [2.75, 3.05) is 85.7 Å². The number of amides is 2. The van der Waals surface area contributed by atoms with E-state index in [1.807, 2.05) is 60.4 Å². The van der Waals surface area contributed by atoms with Gasteiger partial charge >= 0.3 is 5.97 Å². The van der Waals surface area contributed by atoms with Crippen molar-refractivity contribution in [1.82, 2.24) is 24.7 Å². The number of aromatic nitrogens is 2. The Bertz CT molecular complexity index is 2960. The second-order valence-electron chi connectivity index (χ2n) is 24.8. The summed E-state index contributed by atoms with van der Waals surface area (Å²) in [7, 11) is 4.67. The molecular formula is C68H96N6O15. The van der Waals surface area contributed by atoms with Crippen molar-refractivity contribution < 1.29 is 72.8 Å². The lowest BCUT2D eigenvalue weighted by atomic mass is 9.81. The number of hydrogen-bond acceptors (Lipinski definition) is 19. The van der Waals surface area contributed by atoms with Crippen LogP contribution in [-0.2, 0) is 42.9 Å². The largest absolute Gasteiger partial charge is 0.488 e. The molecule has 2 saturated heterocycles. The number of carbonyl (C=O) groups is 5. The third-order valence-electron chi connectivity index (χ3n) is 18.3. The molecule has 5 N–H and O–H groups in total. The molecule has 1 aliphatic carbocycles. The first-order valence-electron chi connectivity index (χ1n) is 31.9. The number of aliphatic hydroxyl groups excluding tert-OH is 2. The average Bonchev–Trinajstić information content (AvgIpc) is 1.04. The molecule has 7 rings (SSSR count). The first-order valence-corrected chi connectivity index (χ1v) is 31.9. The van der Waals surface area contributed by atoms with Crippen molar-refractivity contribution >= 4 is 51.8 Å². The number of carbonyl (C=O) groups excluding carboxylic acids is 5. The van der Waals surface area contributed by atoms with Crippen LogP contribution >= 0.6 is 0 Å². The van der Waals surface area contributed by atoms with Gasteiger partial charge in [0.25, 0.3) is 11.7 Å². The minimum Gasteiger partial charge on any atom is -0.488 e. The highest BCUT2D eigenvalue weighted by Gasteiger charge is 2.48. The van der Waals surface area contributed by atoms with Crippen LogP contribution in [0.5, 0.6) is 11.5 Å². The second-order valence-corrected chi connectivity index (χ2v) is 24.8. The highest BCUT2D eigenvalue weighted by atomic mass is 16.6. The van der Waals surface area contributed by atoms with Crippen LogP contribution in [-0.4, -0.2) is 197 Å². The zero-order chi connectivity index (χ0) is 64.2. The van der Waals surface area contributed by atoms with Gasteiger partial charge in [-0.1, -0.05) is 56.4 Å². The topological polar surface area (TPSA) is 269 Å². The fraction of sp³-hybridized carbons (Fsp3) is 0.632. The van der Waals surface area contributed by atoms with E-state index in [2.05, 4.69) is 26.1 Å². The number of esters is 1. The summed E-state index contributed by atoms with van der Waals surface area (Å²) in [5, 5.41) is 49.4. The van der Waals surface area contributed by atoms with Gasteiger partial charge in [0.1, 0.15) is 43.3 Å². The number of terminal acetylenes is 1. The fourth-order valence-corrected chi connectivity index (χ4v) is 12.7. The van der Waals surface area contributed by atoms with E-state index in [1.165, 1.54) is 20.4 Å². The maximum Gasteiger partial charge on any atom is 0.329 e. The molecule has 0 unspecified atom stereocenters. The molecule has 2 aromatic carbocycles. The lowest BCUT2D eigenvalue weighted by Crippen LogP contribution is -2.58. The van der Waals surface area contributed by atoms with E-state index in [0.717, 1.165) is 46.4 Å². The van der Waals surface area contributed by atoms with Crippen molar-refractivity contribution in [2.45, 2.75) is 173 Å². The monoisotopic (exact) mass is 1240 g/mol. The smallest absolute Gasteiger partial charge is 0.329 e. The van der Waals surface area contributed by atoms with Crippen LogP contribution in [0, 0.1) is 36.0 Å². The van der Waals surface area contributed by atoms with E-state index in [-0.39, 0.29) is 49.8 Å². The van der Waals surface area contributed by atoms with Crippen molar-refractivity contribution in [3.05, 3.63) is 71.6 Å². The van der Waals surface area contributed by atoms with Gasteiger partial charge in [0, 0.05) is 114 Å². The van der Waals surface area contributed by atoms with Crippen LogP contribution < -0.4 is 14.8 Å². The number of methoxy groups -OCH3 is 3. The number of cyclic esters (lactones) is 1. The molecule has 0 radical (unpaired) electrons. The van der Waals surface area contributed by atoms with E-state index in [1.54, 1.807) is 28.1 Å². The number of fused-ring (bicyclic) bond motifs is 2. The van der Waals surface area contributed by atoms with E-state index in [4.69, 9.17) is 34.8 Å². The number of ketones is 2. The van der Waals surface area contributed by atoms with Gasteiger partial charge in [-0.3, -0.25) is 24.1 Å². The zero-order valence-electron chi connectivity index (χ0n) is 53.2. The normalized spacial score (nSPS) is 27.6. The number of allylic oxidation sites excluding steroid dienone is 3. The van der Waals surface area contributed by atoms with Crippen molar-refractivity contribution in [3.8, 4) is 23.8 Å². The molecule has 10 atom stereocenters. The number of aliphatic hydroxyl groups is 4. The number of piperidine rings is 1. The number of nitrogens with one attached hydrogen (secondary N) is 1. The predicted molar refractivity (Wildman–Crippen MR) is 336 cm³/mol. The molecule has 3 fully saturated rings. The molecule has 2 amide bonds. The Morgan fingerprint density at radius 1 is 0.865 bits per heavy atom. The summed E-state index contributed by atoms with van der Waals surface area (Å²) in [5.74, 6) is -5.09. The summed E-state index contributed by atoms with van der Waals surface area (Å²) in [4.78, 5) is 85.1. The molecule has 21 nitrogen and oxygen atoms in total. The van der Waals surface area contributed by atoms with Crippen LogP contribution in [0.25, 0.3) is 10.9 Å². The third kappa shape index (κ3) is 19.6. The van der Waals surface area contributed by atoms with Gasteiger partial charge in [-0.25, -0.2) is 14.8 Å². The number of benzene rings is 2. The van der Waals surface area contributed by atoms with Crippen LogP contribution in [0.4, 0.5) is 11.5 Å². The Morgan fingerprint density at radius 2 is 1.62 bits per heavy atom. The third-order valence-corrected chi connectivity index (χ3v) is 18.3. The molecule has 0 bridgehead atoms. The maximum atomic E-state index is 14.7. The van der Waals surface area contributed by atoms with Gasteiger partial charge in [-0.15, -0.1) is 6.42 Å². The van der Waals surface area contributed by atoms with Crippen LogP contribution in [0.3, 0.4) is 0 Å². The molecule has 89 heavy (non-hydrogen) atoms. The Morgan fingerprint density at radius 3 is 2.36 bits per heavy atom. The lowest BCUT2D eigenvalue weighted by Gasteiger charge is -2.38. The molecule has 4 heterocycles. The van der Waals surface area contributed by atoms with Crippen molar-refractivity contribution in [3.63, 3.8) is 0 Å². The van der Waals surface area contributed by atoms with Gasteiger partial charge in [-0.2, -0.15) is 0 Å². The fourth-order valence-electron chi connectivity index (χ4n) is 12.7. The number of Topliss-reactive ketones (excluding diaryl/α,β-unsaturated/α-hetero) is 2. The standard InChI is InChI=1S/C68H96N6O15/c1-9-48-18-15-20-51(38-48)71-65-53-40-60(61(88-34-33-84-6)41-54(53)69-43-70-65)87-32-31-72-27-29-73(30-28-72)62(78)23-16-19-50-35-44(2)17-11-10-12-21-52(85-7)37-46(4)68(82,83)64(79)66(80)74-26-14-13-22-55(74)67(81)89-63(47(5)57(76)42-58(50)77)45(3)36-49-24-25-56(75)59(39-49)86-8/h1,15,18,20,35-36,38,40-41,43,46-47,49-50,52,55-57,59,63,75-76,82-83H,10-14,16-17,19,21-34,37,39,42H2,2-8H3,(H,69,70,71)/b44-35+,45-36+/t46-,47-,49+,50-,52-,55+,56-,57+,59-,63-/m1/s1. The molecule has 3 aromatic rings. The summed E-state index contributed by atoms with van der Waals surface area (Å²) in [6.07, 6.45) is 14.3. The molecular weight excluding hydrogens is 1140 g/mol. The summed E-state index contributed by atoms with van der Waals surface area (Å²) >= 11 is 0. The minimum absolute atomic E-state index is 0.00302. The van der Waals surface area contributed by atoms with Gasteiger partial charge in [0.05, 0.1) is 36.5 Å². The Balaban J connectivity index is 1.02. The predicted octanol–water partition coefficient (Wildman–Crippen LogP) is 7.26. The Labute approximate surface area is 524 Å². The minimum atomic E-state index is -3.04. The molecule has 1 saturated carbocycles. The van der Waals surface area contributed by atoms with Crippen molar-refractivity contribution in [2.24, 2.45) is 23.7 Å². The second kappa shape index (κ2) is 34.2. The number of rotatable bonds is 18. The first-order chi connectivity index (χ1) is 42.7. The lowest BCUT2D eigenvalue weighted by molar-refractivity contribution is -0.208. The number of nitrogens with zero attached hydrogens (tertiary/aromatic N) is 5. The van der Waals surface area contributed by atoms with Gasteiger partial charge in [0.15, 0.2) is 11.5 Å². The molecule has 4 aliphatic rings. The Hall–Kier alpha value is -6.35. The molecule has 3 aliphatic heterocycles. The maximum absolute atomic E-state index is 14.7. The van der Waals surface area contributed by atoms with Gasteiger partial charge < -0.3 is 64.0 Å². The zero-order valence-corrected chi connectivity index (χ0v) is 53.2. The number of hydrogen-bond donors (Lipinski definition) is 5. The van der Waals surface area contributed by atoms with E-state index < -0.39 is 77.8 Å². The number of anilines is 2. The Kier molecular flexibility index (Phi) is 26.9. The van der Waals surface area contributed by atoms with Gasteiger partial charge in [0.2, 0.25) is 11.7 Å². The first kappa shape index (κ1) is 70.1. The highest BCUT2D eigenvalue weighted by molar-refractivity contribution is 6.39. The molecule has 0 spiro atoms. The quantitative estimate of drug-likeness (QED) is 0.0209. The molecule has 488 valence electrons. The molecule has 21 heteroatoms.